The zero-order chi connectivity index (χ0) is 18.7. The maximum Gasteiger partial charge on any atom is 0.253 e. The van der Waals surface area contributed by atoms with Crippen LogP contribution in [0.5, 0.6) is 0 Å². The molecule has 1 amide bonds. The molecule has 138 valence electrons. The normalized spacial score (nSPS) is 16.3. The molecule has 2 aromatic rings. The van der Waals surface area contributed by atoms with E-state index in [0.717, 1.165) is 6.42 Å². The number of benzene rings is 2. The second kappa shape index (κ2) is 7.63. The molecule has 2 aromatic carbocycles. The Morgan fingerprint density at radius 3 is 2.69 bits per heavy atom. The monoisotopic (exact) mass is 396 g/mol. The summed E-state index contributed by atoms with van der Waals surface area (Å²) in [7, 11) is -3.38. The van der Waals surface area contributed by atoms with Gasteiger partial charge in [-0.25, -0.2) is 12.8 Å². The second-order valence-electron chi connectivity index (χ2n) is 6.03. The Balaban J connectivity index is 1.81. The third kappa shape index (κ3) is 3.99. The summed E-state index contributed by atoms with van der Waals surface area (Å²) in [6.07, 6.45) is 1.39. The summed E-state index contributed by atoms with van der Waals surface area (Å²) < 4.78 is 39.5. The lowest BCUT2D eigenvalue weighted by Crippen LogP contribution is -2.38. The van der Waals surface area contributed by atoms with E-state index in [1.54, 1.807) is 24.3 Å². The highest BCUT2D eigenvalue weighted by Crippen LogP contribution is 2.28. The Labute approximate surface area is 156 Å². The third-order valence-electron chi connectivity index (χ3n) is 4.23. The predicted molar refractivity (Wildman–Crippen MR) is 99.4 cm³/mol. The molecule has 3 rings (SSSR count). The van der Waals surface area contributed by atoms with Crippen LogP contribution >= 0.6 is 11.6 Å². The van der Waals surface area contributed by atoms with Crippen molar-refractivity contribution in [3.8, 4) is 0 Å². The van der Waals surface area contributed by atoms with Crippen LogP contribution < -0.4 is 9.62 Å². The van der Waals surface area contributed by atoms with E-state index < -0.39 is 21.7 Å². The number of anilines is 1. The number of rotatable bonds is 4. The fourth-order valence-corrected chi connectivity index (χ4v) is 4.67. The first-order chi connectivity index (χ1) is 12.4. The number of halogens is 2. The van der Waals surface area contributed by atoms with Crippen molar-refractivity contribution < 1.29 is 17.6 Å². The Kier molecular flexibility index (Phi) is 5.48. The molecule has 1 aliphatic rings. The quantitative estimate of drug-likeness (QED) is 0.861. The van der Waals surface area contributed by atoms with Crippen molar-refractivity contribution in [1.29, 1.82) is 0 Å². The van der Waals surface area contributed by atoms with Crippen LogP contribution in [0.25, 0.3) is 0 Å². The largest absolute Gasteiger partial charge is 0.348 e. The van der Waals surface area contributed by atoms with Crippen LogP contribution in [-0.2, 0) is 16.6 Å². The summed E-state index contributed by atoms with van der Waals surface area (Å²) in [6, 6.07) is 10.7. The minimum atomic E-state index is -3.38. The van der Waals surface area contributed by atoms with E-state index in [1.165, 1.54) is 22.5 Å². The van der Waals surface area contributed by atoms with Crippen LogP contribution in [0.1, 0.15) is 28.8 Å². The Bertz CT molecular complexity index is 934. The molecule has 0 aromatic heterocycles. The molecule has 1 heterocycles. The molecule has 8 heteroatoms. The van der Waals surface area contributed by atoms with E-state index in [9.17, 15) is 17.6 Å². The van der Waals surface area contributed by atoms with Gasteiger partial charge in [0.2, 0.25) is 10.0 Å². The molecule has 1 saturated heterocycles. The van der Waals surface area contributed by atoms with Crippen molar-refractivity contribution in [1.82, 2.24) is 5.32 Å². The third-order valence-corrected chi connectivity index (χ3v) is 6.43. The van der Waals surface area contributed by atoms with Gasteiger partial charge in [0.25, 0.3) is 5.91 Å². The van der Waals surface area contributed by atoms with Crippen LogP contribution in [0, 0.1) is 5.82 Å². The van der Waals surface area contributed by atoms with Crippen molar-refractivity contribution in [2.75, 3.05) is 16.6 Å². The van der Waals surface area contributed by atoms with Crippen molar-refractivity contribution >= 4 is 33.2 Å². The van der Waals surface area contributed by atoms with Gasteiger partial charge in [0, 0.05) is 18.7 Å². The highest BCUT2D eigenvalue weighted by molar-refractivity contribution is 7.92. The van der Waals surface area contributed by atoms with Crippen molar-refractivity contribution in [3.05, 3.63) is 64.4 Å². The molecule has 1 aliphatic heterocycles. The van der Waals surface area contributed by atoms with Crippen LogP contribution in [0.4, 0.5) is 10.1 Å². The van der Waals surface area contributed by atoms with Crippen molar-refractivity contribution in [3.63, 3.8) is 0 Å². The van der Waals surface area contributed by atoms with Gasteiger partial charge in [-0.2, -0.15) is 0 Å². The summed E-state index contributed by atoms with van der Waals surface area (Å²) in [4.78, 5) is 12.5. The molecule has 5 nitrogen and oxygen atoms in total. The molecule has 1 N–H and O–H groups in total. The van der Waals surface area contributed by atoms with Crippen LogP contribution in [0.15, 0.2) is 42.5 Å². The molecular formula is C18H18ClFN2O3S. The molecule has 0 bridgehead atoms. The first kappa shape index (κ1) is 18.7. The molecule has 0 radical (unpaired) electrons. The van der Waals surface area contributed by atoms with E-state index in [0.29, 0.717) is 24.2 Å². The highest BCUT2D eigenvalue weighted by Gasteiger charge is 2.27. The van der Waals surface area contributed by atoms with Crippen molar-refractivity contribution in [2.24, 2.45) is 0 Å². The maximum absolute atomic E-state index is 13.7. The maximum atomic E-state index is 13.7. The number of nitrogens with zero attached hydrogens (tertiary/aromatic N) is 1. The van der Waals surface area contributed by atoms with Gasteiger partial charge in [-0.1, -0.05) is 29.8 Å². The summed E-state index contributed by atoms with van der Waals surface area (Å²) in [6.45, 7) is 0.383. The Morgan fingerprint density at radius 1 is 1.19 bits per heavy atom. The molecule has 26 heavy (non-hydrogen) atoms. The fourth-order valence-electron chi connectivity index (χ4n) is 2.83. The number of amides is 1. The minimum absolute atomic E-state index is 0.00801. The number of sulfonamides is 1. The molecule has 0 aliphatic carbocycles. The number of hydrogen-bond acceptors (Lipinski definition) is 3. The van der Waals surface area contributed by atoms with Gasteiger partial charge in [0.15, 0.2) is 0 Å². The summed E-state index contributed by atoms with van der Waals surface area (Å²) in [5.41, 5.74) is 0.915. The summed E-state index contributed by atoms with van der Waals surface area (Å²) >= 11 is 6.11. The molecule has 0 spiro atoms. The SMILES string of the molecule is O=C(NCc1ccccc1F)c1cc(N2CCCCS2(=O)=O)ccc1Cl. The number of carbonyl (C=O) groups excluding carboxylic acids is 1. The number of nitrogens with one attached hydrogen (secondary N) is 1. The second-order valence-corrected chi connectivity index (χ2v) is 8.45. The molecule has 1 fully saturated rings. The predicted octanol–water partition coefficient (Wildman–Crippen LogP) is 3.34. The van der Waals surface area contributed by atoms with Crippen LogP contribution in [-0.4, -0.2) is 26.6 Å². The first-order valence-electron chi connectivity index (χ1n) is 8.20. The van der Waals surface area contributed by atoms with Crippen LogP contribution in [0.3, 0.4) is 0 Å². The Hall–Kier alpha value is -2.12. The molecular weight excluding hydrogens is 379 g/mol. The van der Waals surface area contributed by atoms with E-state index in [-0.39, 0.29) is 22.9 Å². The summed E-state index contributed by atoms with van der Waals surface area (Å²) in [5.74, 6) is -0.814. The average Bonchev–Trinajstić information content (AvgIpc) is 2.61. The average molecular weight is 397 g/mol. The lowest BCUT2D eigenvalue weighted by atomic mass is 10.1. The smallest absolute Gasteiger partial charge is 0.253 e. The molecule has 0 saturated carbocycles. The summed E-state index contributed by atoms with van der Waals surface area (Å²) in [5, 5.41) is 2.82. The van der Waals surface area contributed by atoms with Gasteiger partial charge in [0.1, 0.15) is 5.82 Å². The van der Waals surface area contributed by atoms with Gasteiger partial charge in [-0.15, -0.1) is 0 Å². The van der Waals surface area contributed by atoms with Gasteiger partial charge < -0.3 is 5.32 Å². The van der Waals surface area contributed by atoms with Gasteiger partial charge in [0.05, 0.1) is 22.0 Å². The zero-order valence-corrected chi connectivity index (χ0v) is 15.5. The topological polar surface area (TPSA) is 66.5 Å². The van der Waals surface area contributed by atoms with E-state index in [4.69, 9.17) is 11.6 Å². The van der Waals surface area contributed by atoms with Crippen LogP contribution in [0.2, 0.25) is 5.02 Å². The number of hydrogen-bond donors (Lipinski definition) is 1. The lowest BCUT2D eigenvalue weighted by Gasteiger charge is -2.28. The fraction of sp³-hybridized carbons (Fsp3) is 0.278. The van der Waals surface area contributed by atoms with E-state index in [2.05, 4.69) is 5.32 Å². The Morgan fingerprint density at radius 2 is 1.96 bits per heavy atom. The zero-order valence-electron chi connectivity index (χ0n) is 13.9. The number of carbonyl (C=O) groups is 1. The minimum Gasteiger partial charge on any atom is -0.348 e. The molecule has 0 unspecified atom stereocenters. The molecule has 0 atom stereocenters. The van der Waals surface area contributed by atoms with E-state index >= 15 is 0 Å². The van der Waals surface area contributed by atoms with Gasteiger partial charge >= 0.3 is 0 Å². The first-order valence-corrected chi connectivity index (χ1v) is 10.2. The van der Waals surface area contributed by atoms with E-state index in [1.807, 2.05) is 0 Å². The van der Waals surface area contributed by atoms with Gasteiger partial charge in [-0.3, -0.25) is 9.10 Å². The standard InChI is InChI=1S/C18H18ClFN2O3S/c19-16-8-7-14(22-9-3-4-10-26(22,24)25)11-15(16)18(23)21-12-13-5-1-2-6-17(13)20/h1-2,5-8,11H,3-4,9-10,12H2,(H,21,23). The van der Waals surface area contributed by atoms with Crippen molar-refractivity contribution in [2.45, 2.75) is 19.4 Å². The highest BCUT2D eigenvalue weighted by atomic mass is 35.5. The van der Waals surface area contributed by atoms with Gasteiger partial charge in [-0.05, 0) is 37.1 Å². The lowest BCUT2D eigenvalue weighted by molar-refractivity contribution is 0.0950.